The first kappa shape index (κ1) is 34.7. The zero-order valence-electron chi connectivity index (χ0n) is 27.7. The van der Waals surface area contributed by atoms with Gasteiger partial charge in [-0.25, -0.2) is 0 Å². The molecule has 1 atom stereocenters. The maximum Gasteiger partial charge on any atom is 0.272 e. The summed E-state index contributed by atoms with van der Waals surface area (Å²) in [6.07, 6.45) is 2.45. The summed E-state index contributed by atoms with van der Waals surface area (Å²) in [6.45, 7) is 6.37. The first-order valence-corrected chi connectivity index (χ1v) is 17.0. The molecule has 0 aromatic heterocycles. The molecule has 0 aliphatic carbocycles. The van der Waals surface area contributed by atoms with Gasteiger partial charge in [0.1, 0.15) is 18.1 Å². The second-order valence-corrected chi connectivity index (χ2v) is 12.8. The monoisotopic (exact) mass is 669 g/mol. The number of amides is 3. The van der Waals surface area contributed by atoms with Crippen molar-refractivity contribution in [3.8, 4) is 5.75 Å². The summed E-state index contributed by atoms with van der Waals surface area (Å²) in [5.74, 6) is -0.274. The van der Waals surface area contributed by atoms with Crippen LogP contribution in [0.15, 0.2) is 138 Å². The van der Waals surface area contributed by atoms with Gasteiger partial charge in [0.25, 0.3) is 11.8 Å². The van der Waals surface area contributed by atoms with E-state index in [1.54, 1.807) is 42.5 Å². The van der Waals surface area contributed by atoms with Gasteiger partial charge < -0.3 is 20.7 Å². The molecule has 248 valence electrons. The van der Waals surface area contributed by atoms with Crippen LogP contribution in [0.5, 0.6) is 5.75 Å². The van der Waals surface area contributed by atoms with Gasteiger partial charge in [-0.3, -0.25) is 14.4 Å². The number of hydrogen-bond donors (Lipinski definition) is 3. The molecule has 1 unspecified atom stereocenters. The molecular formula is C41H39N3O4S. The normalized spacial score (nSPS) is 11.7. The van der Waals surface area contributed by atoms with Crippen molar-refractivity contribution in [1.29, 1.82) is 0 Å². The number of benzene rings is 5. The van der Waals surface area contributed by atoms with Crippen molar-refractivity contribution in [3.05, 3.63) is 161 Å². The van der Waals surface area contributed by atoms with Gasteiger partial charge in [0.2, 0.25) is 5.91 Å². The molecule has 8 heteroatoms. The highest BCUT2D eigenvalue weighted by molar-refractivity contribution is 8.00. The van der Waals surface area contributed by atoms with Crippen LogP contribution in [0.2, 0.25) is 0 Å². The zero-order chi connectivity index (χ0) is 34.6. The van der Waals surface area contributed by atoms with E-state index in [9.17, 15) is 14.4 Å². The SMILES string of the molecule is CCc1cccc(C)c1NC(=O)C(C)Sc1ccc(NC(=O)/C(=C/c2ccc(OCc3ccccc3)cc2)NC(=O)c2ccccc2)cc1. The molecule has 3 amide bonds. The van der Waals surface area contributed by atoms with E-state index in [1.807, 2.05) is 105 Å². The van der Waals surface area contributed by atoms with Crippen molar-refractivity contribution in [1.82, 2.24) is 5.32 Å². The highest BCUT2D eigenvalue weighted by atomic mass is 32.2. The average molecular weight is 670 g/mol. The summed E-state index contributed by atoms with van der Waals surface area (Å²) < 4.78 is 5.89. The lowest BCUT2D eigenvalue weighted by Crippen LogP contribution is -2.30. The fourth-order valence-electron chi connectivity index (χ4n) is 5.01. The average Bonchev–Trinajstić information content (AvgIpc) is 3.13. The quantitative estimate of drug-likeness (QED) is 0.0862. The highest BCUT2D eigenvalue weighted by Crippen LogP contribution is 2.28. The minimum Gasteiger partial charge on any atom is -0.489 e. The third-order valence-electron chi connectivity index (χ3n) is 7.75. The van der Waals surface area contributed by atoms with Crippen LogP contribution in [0.4, 0.5) is 11.4 Å². The number of thioether (sulfide) groups is 1. The first-order valence-electron chi connectivity index (χ1n) is 16.1. The molecule has 7 nitrogen and oxygen atoms in total. The molecular weight excluding hydrogens is 631 g/mol. The van der Waals surface area contributed by atoms with Crippen molar-refractivity contribution in [2.24, 2.45) is 0 Å². The Labute approximate surface area is 291 Å². The Hall–Kier alpha value is -5.60. The molecule has 5 rings (SSSR count). The Bertz CT molecular complexity index is 1910. The lowest BCUT2D eigenvalue weighted by atomic mass is 10.1. The van der Waals surface area contributed by atoms with E-state index in [4.69, 9.17) is 4.74 Å². The molecule has 0 saturated heterocycles. The van der Waals surface area contributed by atoms with Crippen molar-refractivity contribution in [2.75, 3.05) is 10.6 Å². The zero-order valence-corrected chi connectivity index (χ0v) is 28.6. The van der Waals surface area contributed by atoms with Crippen LogP contribution in [0, 0.1) is 6.92 Å². The molecule has 0 fully saturated rings. The fourth-order valence-corrected chi connectivity index (χ4v) is 5.88. The maximum absolute atomic E-state index is 13.5. The second kappa shape index (κ2) is 17.0. The van der Waals surface area contributed by atoms with Crippen LogP contribution < -0.4 is 20.7 Å². The summed E-state index contributed by atoms with van der Waals surface area (Å²) in [7, 11) is 0. The topological polar surface area (TPSA) is 96.5 Å². The van der Waals surface area contributed by atoms with Crippen LogP contribution in [0.25, 0.3) is 6.08 Å². The molecule has 5 aromatic rings. The van der Waals surface area contributed by atoms with Gasteiger partial charge in [0.05, 0.1) is 5.25 Å². The predicted octanol–water partition coefficient (Wildman–Crippen LogP) is 8.67. The van der Waals surface area contributed by atoms with Crippen LogP contribution in [0.3, 0.4) is 0 Å². The Balaban J connectivity index is 1.25. The van der Waals surface area contributed by atoms with Gasteiger partial charge in [0.15, 0.2) is 0 Å². The van der Waals surface area contributed by atoms with Gasteiger partial charge in [-0.2, -0.15) is 0 Å². The van der Waals surface area contributed by atoms with E-state index in [1.165, 1.54) is 11.8 Å². The highest BCUT2D eigenvalue weighted by Gasteiger charge is 2.18. The molecule has 0 spiro atoms. The van der Waals surface area contributed by atoms with Crippen LogP contribution in [-0.4, -0.2) is 23.0 Å². The molecule has 0 aliphatic heterocycles. The summed E-state index contributed by atoms with van der Waals surface area (Å²) in [6, 6.07) is 39.2. The predicted molar refractivity (Wildman–Crippen MR) is 199 cm³/mol. The smallest absolute Gasteiger partial charge is 0.272 e. The van der Waals surface area contributed by atoms with Crippen molar-refractivity contribution in [3.63, 3.8) is 0 Å². The summed E-state index contributed by atoms with van der Waals surface area (Å²) in [4.78, 5) is 40.5. The van der Waals surface area contributed by atoms with Crippen LogP contribution in [0.1, 0.15) is 46.5 Å². The third kappa shape index (κ3) is 9.95. The molecule has 5 aromatic carbocycles. The van der Waals surface area contributed by atoms with Crippen LogP contribution in [-0.2, 0) is 22.6 Å². The molecule has 0 aliphatic rings. The van der Waals surface area contributed by atoms with E-state index in [0.717, 1.165) is 33.7 Å². The lowest BCUT2D eigenvalue weighted by molar-refractivity contribution is -0.115. The largest absolute Gasteiger partial charge is 0.489 e. The molecule has 3 N–H and O–H groups in total. The summed E-state index contributed by atoms with van der Waals surface area (Å²) in [5.41, 5.74) is 5.83. The molecule has 0 heterocycles. The number of aryl methyl sites for hydroxylation is 2. The molecule has 0 radical (unpaired) electrons. The molecule has 0 saturated carbocycles. The van der Waals surface area contributed by atoms with Crippen LogP contribution >= 0.6 is 11.8 Å². The Morgan fingerprint density at radius 2 is 1.45 bits per heavy atom. The number of para-hydroxylation sites is 1. The standard InChI is InChI=1S/C41H39N3O4S/c1-4-32-17-11-12-28(2)38(32)44-39(45)29(3)49-36-24-20-34(21-25-36)42-41(47)37(43-40(46)33-15-9-6-10-16-33)26-30-18-22-35(23-19-30)48-27-31-13-7-5-8-14-31/h5-26,29H,4,27H2,1-3H3,(H,42,47)(H,43,46)(H,44,45)/b37-26-. The maximum atomic E-state index is 13.5. The van der Waals surface area contributed by atoms with Gasteiger partial charge in [-0.1, -0.05) is 85.8 Å². The lowest BCUT2D eigenvalue weighted by Gasteiger charge is -2.16. The van der Waals surface area contributed by atoms with Crippen molar-refractivity contribution in [2.45, 2.75) is 43.9 Å². The number of ether oxygens (including phenoxy) is 1. The Morgan fingerprint density at radius 1 is 0.776 bits per heavy atom. The number of anilines is 2. The molecule has 49 heavy (non-hydrogen) atoms. The minimum atomic E-state index is -0.480. The van der Waals surface area contributed by atoms with E-state index >= 15 is 0 Å². The van der Waals surface area contributed by atoms with Crippen molar-refractivity contribution >= 4 is 46.9 Å². The Morgan fingerprint density at radius 3 is 2.12 bits per heavy atom. The minimum absolute atomic E-state index is 0.0777. The second-order valence-electron chi connectivity index (χ2n) is 11.4. The van der Waals surface area contributed by atoms with Gasteiger partial charge in [0, 0.05) is 21.8 Å². The number of rotatable bonds is 13. The van der Waals surface area contributed by atoms with E-state index in [2.05, 4.69) is 22.9 Å². The van der Waals surface area contributed by atoms with Gasteiger partial charge in [-0.15, -0.1) is 11.8 Å². The van der Waals surface area contributed by atoms with Crippen molar-refractivity contribution < 1.29 is 19.1 Å². The summed E-state index contributed by atoms with van der Waals surface area (Å²) in [5, 5.41) is 8.42. The summed E-state index contributed by atoms with van der Waals surface area (Å²) >= 11 is 1.43. The van der Waals surface area contributed by atoms with Gasteiger partial charge >= 0.3 is 0 Å². The van der Waals surface area contributed by atoms with E-state index in [-0.39, 0.29) is 16.9 Å². The third-order valence-corrected chi connectivity index (χ3v) is 8.86. The van der Waals surface area contributed by atoms with E-state index in [0.29, 0.717) is 29.2 Å². The Kier molecular flexibility index (Phi) is 12.0. The fraction of sp³-hybridized carbons (Fsp3) is 0.146. The molecule has 0 bridgehead atoms. The number of carbonyl (C=O) groups excluding carboxylic acids is 3. The number of nitrogens with one attached hydrogen (secondary N) is 3. The number of carbonyl (C=O) groups is 3. The first-order chi connectivity index (χ1) is 23.8. The van der Waals surface area contributed by atoms with E-state index < -0.39 is 11.8 Å². The number of hydrogen-bond acceptors (Lipinski definition) is 5. The van der Waals surface area contributed by atoms with Gasteiger partial charge in [-0.05, 0) is 97.1 Å².